The van der Waals surface area contributed by atoms with Gasteiger partial charge in [-0.15, -0.1) is 0 Å². The number of furan rings is 1. The molecule has 1 aromatic carbocycles. The maximum atomic E-state index is 12.2. The van der Waals surface area contributed by atoms with Crippen molar-refractivity contribution >= 4 is 27.5 Å². The minimum absolute atomic E-state index is 0.0708. The summed E-state index contributed by atoms with van der Waals surface area (Å²) in [5.74, 6) is 0.923. The van der Waals surface area contributed by atoms with Crippen LogP contribution in [-0.2, 0) is 6.54 Å². The van der Waals surface area contributed by atoms with Crippen LogP contribution in [-0.4, -0.2) is 23.9 Å². The lowest BCUT2D eigenvalue weighted by atomic mass is 10.1. The molecule has 0 radical (unpaired) electrons. The number of carbonyl (C=O) groups excluding carboxylic acids is 1. The molecule has 0 bridgehead atoms. The molecule has 4 nitrogen and oxygen atoms in total. The highest BCUT2D eigenvalue weighted by Crippen LogP contribution is 2.16. The van der Waals surface area contributed by atoms with Crippen LogP contribution in [0.15, 0.2) is 45.5 Å². The first-order valence-corrected chi connectivity index (χ1v) is 7.80. The second-order valence-electron chi connectivity index (χ2n) is 4.61. The zero-order valence-electron chi connectivity index (χ0n) is 12.2. The molecule has 0 aliphatic rings. The Labute approximate surface area is 133 Å². The van der Waals surface area contributed by atoms with Crippen LogP contribution in [0.25, 0.3) is 0 Å². The SMILES string of the molecule is CCN(CC)C(=O)c1ccc(NCc2ccc(Br)o2)cc1. The van der Waals surface area contributed by atoms with Crippen molar-refractivity contribution in [3.8, 4) is 0 Å². The van der Waals surface area contributed by atoms with Gasteiger partial charge in [-0.3, -0.25) is 4.79 Å². The average molecular weight is 351 g/mol. The van der Waals surface area contributed by atoms with Gasteiger partial charge in [0.05, 0.1) is 6.54 Å². The van der Waals surface area contributed by atoms with Crippen molar-refractivity contribution in [3.63, 3.8) is 0 Å². The van der Waals surface area contributed by atoms with Crippen LogP contribution in [0, 0.1) is 0 Å². The van der Waals surface area contributed by atoms with Crippen LogP contribution in [0.1, 0.15) is 30.0 Å². The molecule has 0 fully saturated rings. The normalized spacial score (nSPS) is 10.4. The van der Waals surface area contributed by atoms with Gasteiger partial charge in [0.1, 0.15) is 5.76 Å². The van der Waals surface area contributed by atoms with E-state index >= 15 is 0 Å². The van der Waals surface area contributed by atoms with Gasteiger partial charge in [-0.25, -0.2) is 0 Å². The van der Waals surface area contributed by atoms with E-state index in [1.54, 1.807) is 0 Å². The fourth-order valence-corrected chi connectivity index (χ4v) is 2.40. The monoisotopic (exact) mass is 350 g/mol. The molecule has 1 heterocycles. The Balaban J connectivity index is 1.97. The summed E-state index contributed by atoms with van der Waals surface area (Å²) in [6, 6.07) is 11.3. The van der Waals surface area contributed by atoms with Crippen LogP contribution in [0.2, 0.25) is 0 Å². The Morgan fingerprint density at radius 2 is 1.81 bits per heavy atom. The number of nitrogens with one attached hydrogen (secondary N) is 1. The summed E-state index contributed by atoms with van der Waals surface area (Å²) in [5.41, 5.74) is 1.67. The summed E-state index contributed by atoms with van der Waals surface area (Å²) in [6.07, 6.45) is 0. The zero-order valence-corrected chi connectivity index (χ0v) is 13.8. The molecule has 0 unspecified atom stereocenters. The highest BCUT2D eigenvalue weighted by molar-refractivity contribution is 9.10. The third kappa shape index (κ3) is 4.11. The average Bonchev–Trinajstić information content (AvgIpc) is 2.92. The number of hydrogen-bond acceptors (Lipinski definition) is 3. The predicted molar refractivity (Wildman–Crippen MR) is 87.4 cm³/mol. The molecule has 1 N–H and O–H groups in total. The third-order valence-electron chi connectivity index (χ3n) is 3.28. The molecule has 0 spiro atoms. The van der Waals surface area contributed by atoms with E-state index in [1.165, 1.54) is 0 Å². The zero-order chi connectivity index (χ0) is 15.2. The lowest BCUT2D eigenvalue weighted by Gasteiger charge is -2.18. The molecule has 0 atom stereocenters. The molecule has 1 aromatic heterocycles. The summed E-state index contributed by atoms with van der Waals surface area (Å²) in [5, 5.41) is 3.26. The number of nitrogens with zero attached hydrogens (tertiary/aromatic N) is 1. The number of rotatable bonds is 6. The first-order chi connectivity index (χ1) is 10.1. The van der Waals surface area contributed by atoms with Gasteiger partial charge in [0, 0.05) is 24.3 Å². The number of halogens is 1. The van der Waals surface area contributed by atoms with Crippen LogP contribution in [0.5, 0.6) is 0 Å². The highest BCUT2D eigenvalue weighted by Gasteiger charge is 2.11. The molecule has 1 amide bonds. The largest absolute Gasteiger partial charge is 0.452 e. The van der Waals surface area contributed by atoms with Crippen molar-refractivity contribution in [1.82, 2.24) is 4.90 Å². The second kappa shape index (κ2) is 7.31. The van der Waals surface area contributed by atoms with Gasteiger partial charge in [0.2, 0.25) is 0 Å². The van der Waals surface area contributed by atoms with Gasteiger partial charge in [-0.1, -0.05) is 0 Å². The molecule has 2 rings (SSSR count). The van der Waals surface area contributed by atoms with E-state index in [2.05, 4.69) is 21.2 Å². The molecular formula is C16H19BrN2O2. The Bertz CT molecular complexity index is 589. The molecule has 0 saturated heterocycles. The van der Waals surface area contributed by atoms with E-state index in [0.717, 1.165) is 29.2 Å². The van der Waals surface area contributed by atoms with E-state index in [4.69, 9.17) is 4.42 Å². The van der Waals surface area contributed by atoms with E-state index in [0.29, 0.717) is 12.1 Å². The van der Waals surface area contributed by atoms with Crippen LogP contribution < -0.4 is 5.32 Å². The van der Waals surface area contributed by atoms with Crippen molar-refractivity contribution < 1.29 is 9.21 Å². The van der Waals surface area contributed by atoms with Crippen molar-refractivity contribution in [2.24, 2.45) is 0 Å². The second-order valence-corrected chi connectivity index (χ2v) is 5.40. The summed E-state index contributed by atoms with van der Waals surface area (Å²) < 4.78 is 6.14. The first-order valence-electron chi connectivity index (χ1n) is 7.01. The molecular weight excluding hydrogens is 332 g/mol. The molecule has 0 aliphatic heterocycles. The maximum Gasteiger partial charge on any atom is 0.253 e. The van der Waals surface area contributed by atoms with Crippen LogP contribution >= 0.6 is 15.9 Å². The Morgan fingerprint density at radius 3 is 2.33 bits per heavy atom. The van der Waals surface area contributed by atoms with Crippen molar-refractivity contribution in [1.29, 1.82) is 0 Å². The molecule has 2 aromatic rings. The molecule has 112 valence electrons. The summed E-state index contributed by atoms with van der Waals surface area (Å²) in [6.45, 7) is 6.03. The number of carbonyl (C=O) groups is 1. The Kier molecular flexibility index (Phi) is 5.44. The topological polar surface area (TPSA) is 45.5 Å². The van der Waals surface area contributed by atoms with Gasteiger partial charge < -0.3 is 14.6 Å². The van der Waals surface area contributed by atoms with E-state index < -0.39 is 0 Å². The van der Waals surface area contributed by atoms with Crippen molar-refractivity contribution in [3.05, 3.63) is 52.4 Å². The van der Waals surface area contributed by atoms with Crippen LogP contribution in [0.3, 0.4) is 0 Å². The number of anilines is 1. The standard InChI is InChI=1S/C16H19BrN2O2/c1-3-19(4-2)16(20)12-5-7-13(8-6-12)18-11-14-9-10-15(17)21-14/h5-10,18H,3-4,11H2,1-2H3. The van der Waals surface area contributed by atoms with Gasteiger partial charge in [-0.05, 0) is 66.2 Å². The van der Waals surface area contributed by atoms with E-state index in [-0.39, 0.29) is 5.91 Å². The smallest absolute Gasteiger partial charge is 0.253 e. The van der Waals surface area contributed by atoms with E-state index in [9.17, 15) is 4.79 Å². The Morgan fingerprint density at radius 1 is 1.14 bits per heavy atom. The lowest BCUT2D eigenvalue weighted by molar-refractivity contribution is 0.0773. The summed E-state index contributed by atoms with van der Waals surface area (Å²) >= 11 is 3.27. The molecule has 0 saturated carbocycles. The molecule has 21 heavy (non-hydrogen) atoms. The predicted octanol–water partition coefficient (Wildman–Crippen LogP) is 4.14. The Hall–Kier alpha value is -1.75. The van der Waals surface area contributed by atoms with Crippen LogP contribution in [0.4, 0.5) is 5.69 Å². The van der Waals surface area contributed by atoms with E-state index in [1.807, 2.05) is 55.1 Å². The first kappa shape index (κ1) is 15.6. The fourth-order valence-electron chi connectivity index (χ4n) is 2.06. The summed E-state index contributed by atoms with van der Waals surface area (Å²) in [4.78, 5) is 14.0. The number of amides is 1. The molecule has 0 aliphatic carbocycles. The quantitative estimate of drug-likeness (QED) is 0.851. The third-order valence-corrected chi connectivity index (χ3v) is 3.70. The van der Waals surface area contributed by atoms with Gasteiger partial charge >= 0.3 is 0 Å². The van der Waals surface area contributed by atoms with Gasteiger partial charge in [-0.2, -0.15) is 0 Å². The maximum absolute atomic E-state index is 12.2. The van der Waals surface area contributed by atoms with Gasteiger partial charge in [0.25, 0.3) is 5.91 Å². The van der Waals surface area contributed by atoms with Crippen molar-refractivity contribution in [2.75, 3.05) is 18.4 Å². The summed E-state index contributed by atoms with van der Waals surface area (Å²) in [7, 11) is 0. The minimum Gasteiger partial charge on any atom is -0.452 e. The lowest BCUT2D eigenvalue weighted by Crippen LogP contribution is -2.30. The number of hydrogen-bond donors (Lipinski definition) is 1. The van der Waals surface area contributed by atoms with Crippen molar-refractivity contribution in [2.45, 2.75) is 20.4 Å². The highest BCUT2D eigenvalue weighted by atomic mass is 79.9. The minimum atomic E-state index is 0.0708. The number of benzene rings is 1. The van der Waals surface area contributed by atoms with Gasteiger partial charge in [0.15, 0.2) is 4.67 Å². The molecule has 5 heteroatoms. The fraction of sp³-hybridized carbons (Fsp3) is 0.312.